The highest BCUT2D eigenvalue weighted by Gasteiger charge is 2.17. The van der Waals surface area contributed by atoms with E-state index in [4.69, 9.17) is 4.74 Å². The topological polar surface area (TPSA) is 79.0 Å². The zero-order chi connectivity index (χ0) is 17.2. The smallest absolute Gasteiger partial charge is 0.412 e. The fourth-order valence-electron chi connectivity index (χ4n) is 2.25. The Kier molecular flexibility index (Phi) is 4.12. The number of nitrogens with zero attached hydrogens (tertiary/aromatic N) is 1. The van der Waals surface area contributed by atoms with Gasteiger partial charge in [0.2, 0.25) is 0 Å². The van der Waals surface area contributed by atoms with Gasteiger partial charge in [-0.15, -0.1) is 0 Å². The van der Waals surface area contributed by atoms with E-state index < -0.39 is 11.7 Å². The van der Waals surface area contributed by atoms with Crippen LogP contribution in [0.2, 0.25) is 0 Å². The van der Waals surface area contributed by atoms with Crippen LogP contribution in [0.4, 0.5) is 22.0 Å². The third kappa shape index (κ3) is 3.84. The Labute approximate surface area is 140 Å². The second kappa shape index (κ2) is 6.23. The van der Waals surface area contributed by atoms with Crippen LogP contribution < -0.4 is 10.6 Å². The van der Waals surface area contributed by atoms with Crippen LogP contribution in [-0.2, 0) is 4.74 Å². The lowest BCUT2D eigenvalue weighted by Gasteiger charge is -2.20. The minimum atomic E-state index is -0.549. The molecule has 0 saturated heterocycles. The van der Waals surface area contributed by atoms with Crippen LogP contribution in [0.5, 0.6) is 0 Å². The molecule has 2 aromatic heterocycles. The molecule has 0 radical (unpaired) electrons. The van der Waals surface area contributed by atoms with Crippen molar-refractivity contribution >= 4 is 34.3 Å². The largest absolute Gasteiger partial charge is 0.444 e. The summed E-state index contributed by atoms with van der Waals surface area (Å²) >= 11 is 0. The van der Waals surface area contributed by atoms with E-state index >= 15 is 0 Å². The van der Waals surface area contributed by atoms with Gasteiger partial charge in [0.25, 0.3) is 0 Å². The molecule has 0 bridgehead atoms. The summed E-state index contributed by atoms with van der Waals surface area (Å²) in [7, 11) is 0. The zero-order valence-corrected chi connectivity index (χ0v) is 13.9. The number of pyridine rings is 1. The van der Waals surface area contributed by atoms with E-state index in [0.29, 0.717) is 11.5 Å². The fraction of sp³-hybridized carbons (Fsp3) is 0.222. The van der Waals surface area contributed by atoms with Crippen molar-refractivity contribution in [2.75, 3.05) is 10.6 Å². The molecule has 0 saturated carbocycles. The Hall–Kier alpha value is -3.02. The average molecular weight is 324 g/mol. The van der Waals surface area contributed by atoms with E-state index in [1.165, 1.54) is 0 Å². The molecule has 0 aliphatic carbocycles. The molecule has 0 unspecified atom stereocenters. The molecule has 24 heavy (non-hydrogen) atoms. The summed E-state index contributed by atoms with van der Waals surface area (Å²) in [4.78, 5) is 19.6. The van der Waals surface area contributed by atoms with Gasteiger partial charge in [-0.05, 0) is 51.1 Å². The van der Waals surface area contributed by atoms with Crippen LogP contribution in [0.3, 0.4) is 0 Å². The third-order valence-corrected chi connectivity index (χ3v) is 3.23. The molecule has 0 atom stereocenters. The monoisotopic (exact) mass is 324 g/mol. The first-order valence-electron chi connectivity index (χ1n) is 7.71. The molecule has 1 amide bonds. The molecule has 0 aliphatic heterocycles. The Bertz CT molecular complexity index is 865. The predicted molar refractivity (Wildman–Crippen MR) is 95.7 cm³/mol. The van der Waals surface area contributed by atoms with Crippen molar-refractivity contribution in [1.29, 1.82) is 0 Å². The highest BCUT2D eigenvalue weighted by Crippen LogP contribution is 2.26. The lowest BCUT2D eigenvalue weighted by atomic mass is 10.2. The number of H-pyrrole nitrogens is 1. The second-order valence-electron chi connectivity index (χ2n) is 6.41. The normalized spacial score (nSPS) is 11.3. The lowest BCUT2D eigenvalue weighted by Crippen LogP contribution is -2.27. The van der Waals surface area contributed by atoms with Gasteiger partial charge in [0.15, 0.2) is 0 Å². The van der Waals surface area contributed by atoms with Crippen molar-refractivity contribution in [3.8, 4) is 0 Å². The molecular formula is C18H20N4O2. The molecular weight excluding hydrogens is 304 g/mol. The summed E-state index contributed by atoms with van der Waals surface area (Å²) in [5, 5.41) is 7.02. The average Bonchev–Trinajstić information content (AvgIpc) is 2.95. The van der Waals surface area contributed by atoms with E-state index in [-0.39, 0.29) is 0 Å². The first kappa shape index (κ1) is 15.9. The minimum Gasteiger partial charge on any atom is -0.444 e. The summed E-state index contributed by atoms with van der Waals surface area (Å²) in [5.41, 5.74) is 1.62. The molecule has 3 rings (SSSR count). The van der Waals surface area contributed by atoms with Gasteiger partial charge < -0.3 is 15.0 Å². The molecule has 0 fully saturated rings. The van der Waals surface area contributed by atoms with Crippen LogP contribution >= 0.6 is 0 Å². The molecule has 0 spiro atoms. The van der Waals surface area contributed by atoms with Crippen LogP contribution in [0.15, 0.2) is 48.7 Å². The highest BCUT2D eigenvalue weighted by molar-refractivity contribution is 5.90. The number of hydrogen-bond acceptors (Lipinski definition) is 4. The molecule has 0 aliphatic rings. The number of benzene rings is 1. The summed E-state index contributed by atoms with van der Waals surface area (Å²) in [5.74, 6) is 0.684. The summed E-state index contributed by atoms with van der Waals surface area (Å²) < 4.78 is 5.30. The number of aromatic amines is 1. The molecule has 3 N–H and O–H groups in total. The maximum Gasteiger partial charge on any atom is 0.412 e. The van der Waals surface area contributed by atoms with Gasteiger partial charge in [-0.25, -0.2) is 9.78 Å². The van der Waals surface area contributed by atoms with E-state index in [9.17, 15) is 4.79 Å². The molecule has 6 nitrogen and oxygen atoms in total. The van der Waals surface area contributed by atoms with Gasteiger partial charge in [0.05, 0.1) is 11.4 Å². The summed E-state index contributed by atoms with van der Waals surface area (Å²) in [6, 6.07) is 13.2. The number of anilines is 3. The number of rotatable bonds is 3. The van der Waals surface area contributed by atoms with Crippen molar-refractivity contribution in [1.82, 2.24) is 9.97 Å². The number of hydrogen-bond donors (Lipinski definition) is 3. The van der Waals surface area contributed by atoms with Crippen LogP contribution in [0, 0.1) is 0 Å². The Morgan fingerprint density at radius 2 is 1.83 bits per heavy atom. The zero-order valence-electron chi connectivity index (χ0n) is 13.9. The van der Waals surface area contributed by atoms with E-state index in [0.717, 1.165) is 16.7 Å². The number of fused-ring (bicyclic) bond motifs is 1. The molecule has 1 aromatic carbocycles. The van der Waals surface area contributed by atoms with Gasteiger partial charge >= 0.3 is 6.09 Å². The Balaban J connectivity index is 1.79. The van der Waals surface area contributed by atoms with Gasteiger partial charge in [0, 0.05) is 11.6 Å². The maximum absolute atomic E-state index is 12.0. The fourth-order valence-corrected chi connectivity index (χ4v) is 2.25. The van der Waals surface area contributed by atoms with Crippen LogP contribution in [0.1, 0.15) is 20.8 Å². The molecule has 3 aromatic rings. The maximum atomic E-state index is 12.0. The van der Waals surface area contributed by atoms with Crippen molar-refractivity contribution in [3.63, 3.8) is 0 Å². The van der Waals surface area contributed by atoms with E-state index in [1.807, 2.05) is 63.4 Å². The van der Waals surface area contributed by atoms with Crippen molar-refractivity contribution in [2.45, 2.75) is 26.4 Å². The first-order chi connectivity index (χ1) is 11.4. The minimum absolute atomic E-state index is 0.496. The van der Waals surface area contributed by atoms with Gasteiger partial charge in [0.1, 0.15) is 17.1 Å². The van der Waals surface area contributed by atoms with Crippen molar-refractivity contribution in [2.24, 2.45) is 0 Å². The van der Waals surface area contributed by atoms with Crippen LogP contribution in [0.25, 0.3) is 11.0 Å². The number of nitrogens with one attached hydrogen (secondary N) is 3. The molecule has 2 heterocycles. The predicted octanol–water partition coefficient (Wildman–Crippen LogP) is 4.65. The second-order valence-corrected chi connectivity index (χ2v) is 6.41. The molecule has 124 valence electrons. The number of carbonyl (C=O) groups excluding carboxylic acids is 1. The van der Waals surface area contributed by atoms with Gasteiger partial charge in [-0.3, -0.25) is 5.32 Å². The Morgan fingerprint density at radius 1 is 1.08 bits per heavy atom. The van der Waals surface area contributed by atoms with Gasteiger partial charge in [-0.2, -0.15) is 0 Å². The molecule has 6 heteroatoms. The highest BCUT2D eigenvalue weighted by atomic mass is 16.6. The third-order valence-electron chi connectivity index (χ3n) is 3.23. The lowest BCUT2D eigenvalue weighted by molar-refractivity contribution is 0.0636. The van der Waals surface area contributed by atoms with E-state index in [2.05, 4.69) is 20.6 Å². The number of amides is 1. The number of para-hydroxylation sites is 2. The van der Waals surface area contributed by atoms with Crippen molar-refractivity contribution in [3.05, 3.63) is 48.7 Å². The SMILES string of the molecule is CC(C)(C)OC(=O)Nc1ccccc1Nc1ccc2cc[nH]c2n1. The number of ether oxygens (including phenoxy) is 1. The van der Waals surface area contributed by atoms with Crippen LogP contribution in [-0.4, -0.2) is 21.7 Å². The Morgan fingerprint density at radius 3 is 2.58 bits per heavy atom. The van der Waals surface area contributed by atoms with Gasteiger partial charge in [-0.1, -0.05) is 12.1 Å². The first-order valence-corrected chi connectivity index (χ1v) is 7.71. The number of carbonyl (C=O) groups is 1. The summed E-state index contributed by atoms with van der Waals surface area (Å²) in [6.07, 6.45) is 1.35. The summed E-state index contributed by atoms with van der Waals surface area (Å²) in [6.45, 7) is 5.48. The van der Waals surface area contributed by atoms with Crippen molar-refractivity contribution < 1.29 is 9.53 Å². The number of aromatic nitrogens is 2. The standard InChI is InChI=1S/C18H20N4O2/c1-18(2,3)24-17(23)21-14-7-5-4-6-13(14)20-15-9-8-12-10-11-19-16(12)22-15/h4-11H,1-3H3,(H,21,23)(H2,19,20,22). The quantitative estimate of drug-likeness (QED) is 0.655. The van der Waals surface area contributed by atoms with E-state index in [1.54, 1.807) is 6.07 Å².